The summed E-state index contributed by atoms with van der Waals surface area (Å²) in [5.41, 5.74) is 10.1. The fourth-order valence-electron chi connectivity index (χ4n) is 4.87. The topological polar surface area (TPSA) is 93.4 Å². The number of aromatic amines is 1. The number of anilines is 1. The van der Waals surface area contributed by atoms with Crippen molar-refractivity contribution >= 4 is 51.0 Å². The normalized spacial score (nSPS) is 17.2. The molecule has 0 atom stereocenters. The van der Waals surface area contributed by atoms with E-state index >= 15 is 0 Å². The highest BCUT2D eigenvalue weighted by Crippen LogP contribution is 2.40. The molecule has 0 fully saturated rings. The van der Waals surface area contributed by atoms with Gasteiger partial charge in [0.15, 0.2) is 11.3 Å². The van der Waals surface area contributed by atoms with Crippen LogP contribution in [0.15, 0.2) is 74.3 Å². The molecule has 7 nitrogen and oxygen atoms in total. The molecule has 1 aliphatic heterocycles. The Kier molecular flexibility index (Phi) is 10.8. The minimum absolute atomic E-state index is 0.0156. The predicted molar refractivity (Wildman–Crippen MR) is 183 cm³/mol. The van der Waals surface area contributed by atoms with Crippen LogP contribution in [0.1, 0.15) is 82.0 Å². The van der Waals surface area contributed by atoms with E-state index in [0.717, 1.165) is 89.4 Å². The highest BCUT2D eigenvalue weighted by atomic mass is 32.2. The van der Waals surface area contributed by atoms with Crippen molar-refractivity contribution in [3.63, 3.8) is 0 Å². The van der Waals surface area contributed by atoms with Gasteiger partial charge in [-0.25, -0.2) is 4.98 Å². The molecule has 0 saturated heterocycles. The molecule has 2 aliphatic carbocycles. The van der Waals surface area contributed by atoms with E-state index < -0.39 is 0 Å². The number of unbranched alkanes of at least 4 members (excludes halogenated alkanes) is 3. The van der Waals surface area contributed by atoms with Gasteiger partial charge in [0.25, 0.3) is 0 Å². The summed E-state index contributed by atoms with van der Waals surface area (Å²) in [4.78, 5) is 27.1. The van der Waals surface area contributed by atoms with E-state index in [1.807, 2.05) is 24.4 Å². The van der Waals surface area contributed by atoms with Crippen molar-refractivity contribution in [3.05, 3.63) is 85.6 Å². The van der Waals surface area contributed by atoms with E-state index in [0.29, 0.717) is 29.0 Å². The number of amidine groups is 1. The minimum Gasteiger partial charge on any atom is -0.506 e. The van der Waals surface area contributed by atoms with Crippen molar-refractivity contribution in [3.8, 4) is 11.8 Å². The number of nitrogens with zero attached hydrogens (tertiary/aromatic N) is 3. The number of aliphatic hydroxyl groups excluding tert-OH is 1. The number of aromatic nitrogens is 2. The molecule has 5 rings (SSSR count). The van der Waals surface area contributed by atoms with Crippen molar-refractivity contribution in [1.29, 1.82) is 0 Å². The van der Waals surface area contributed by atoms with Crippen LogP contribution in [0.4, 0.5) is 5.13 Å². The average Bonchev–Trinajstić information content (AvgIpc) is 3.84. The maximum Gasteiger partial charge on any atom is 0.360 e. The maximum absolute atomic E-state index is 13.1. The number of ketones is 1. The Hall–Kier alpha value is -4.05. The highest BCUT2D eigenvalue weighted by molar-refractivity contribution is 8.18. The molecule has 0 saturated carbocycles. The molecule has 44 heavy (non-hydrogen) atoms. The number of hydrogen-bond acceptors (Lipinski definition) is 6. The summed E-state index contributed by atoms with van der Waals surface area (Å²) in [5, 5.41) is 16.1. The standard InChI is InChI=1S/C35H37N5O2S2/c1-4-7-18-36-34-37-22-27(43-34)16-13-26-14-17-29(39-26)31-32(41)30(33(31)42)25-12-10-24(21-25)11-15-28-23-38-35(44-28)40(19-8-5-2)20-9-6-3/h10,12,14,17,22-23H,4-9,18-21H2,1-3H3,(H2,36,37,39,41,42)/p+1. The van der Waals surface area contributed by atoms with Crippen LogP contribution in [0.3, 0.4) is 0 Å². The lowest BCUT2D eigenvalue weighted by molar-refractivity contribution is -0.527. The number of hydrogen-bond donors (Lipinski definition) is 3. The summed E-state index contributed by atoms with van der Waals surface area (Å²) in [6.07, 6.45) is 14.8. The van der Waals surface area contributed by atoms with Gasteiger partial charge >= 0.3 is 5.17 Å². The van der Waals surface area contributed by atoms with Gasteiger partial charge < -0.3 is 15.4 Å². The van der Waals surface area contributed by atoms with Crippen LogP contribution in [0.2, 0.25) is 0 Å². The van der Waals surface area contributed by atoms with Gasteiger partial charge in [-0.3, -0.25) is 9.37 Å². The number of rotatable bonds is 11. The number of aliphatic imine (C=N–C) groups is 1. The molecule has 226 valence electrons. The Bertz CT molecular complexity index is 1750. The molecule has 0 radical (unpaired) electrons. The first kappa shape index (κ1) is 31.4. The van der Waals surface area contributed by atoms with Crippen LogP contribution in [0.25, 0.3) is 5.57 Å². The number of aliphatic hydroxyl groups is 1. The van der Waals surface area contributed by atoms with Gasteiger partial charge in [-0.1, -0.05) is 68.9 Å². The Labute approximate surface area is 267 Å². The smallest absolute Gasteiger partial charge is 0.360 e. The van der Waals surface area contributed by atoms with Gasteiger partial charge in [-0.15, -0.1) is 0 Å². The molecule has 3 aliphatic rings. The predicted octanol–water partition coefficient (Wildman–Crippen LogP) is 7.54. The van der Waals surface area contributed by atoms with Crippen molar-refractivity contribution in [1.82, 2.24) is 9.97 Å². The first-order chi connectivity index (χ1) is 21.5. The van der Waals surface area contributed by atoms with E-state index in [1.165, 1.54) is 11.3 Å². The number of allylic oxidation sites excluding steroid dienone is 7. The third-order valence-electron chi connectivity index (χ3n) is 7.38. The van der Waals surface area contributed by atoms with E-state index in [1.54, 1.807) is 24.0 Å². The second kappa shape index (κ2) is 15.1. The molecule has 0 aromatic carbocycles. The maximum atomic E-state index is 13.1. The second-order valence-corrected chi connectivity index (χ2v) is 12.8. The minimum atomic E-state index is -0.172. The lowest BCUT2D eigenvalue weighted by atomic mass is 9.82. The number of H-pyrrole nitrogens is 1. The molecule has 2 aromatic rings. The number of thioether (sulfide) groups is 1. The Balaban J connectivity index is 1.26. The SMILES string of the molecule is CCCCNc1ncc(C#Cc2ccc(C3=C(O)C(=C4C=CC(=C=C=C5C=NC(=[N+](CCCC)CCCC)S5)C4)C3=O)[nH]2)s1. The Morgan fingerprint density at radius 1 is 1.02 bits per heavy atom. The van der Waals surface area contributed by atoms with Crippen LogP contribution in [-0.4, -0.2) is 56.4 Å². The quantitative estimate of drug-likeness (QED) is 0.0790. The zero-order chi connectivity index (χ0) is 30.9. The van der Waals surface area contributed by atoms with Crippen molar-refractivity contribution in [2.75, 3.05) is 25.0 Å². The second-order valence-electron chi connectivity index (χ2n) is 10.8. The van der Waals surface area contributed by atoms with Crippen LogP contribution < -0.4 is 5.32 Å². The number of thiazole rings is 1. The Morgan fingerprint density at radius 2 is 1.82 bits per heavy atom. The molecule has 9 heteroatoms. The molecule has 0 spiro atoms. The third-order valence-corrected chi connectivity index (χ3v) is 9.22. The molecule has 2 aromatic heterocycles. The molecule has 0 unspecified atom stereocenters. The molecule has 0 bridgehead atoms. The molecule has 0 amide bonds. The summed E-state index contributed by atoms with van der Waals surface area (Å²) in [5.74, 6) is 6.06. The van der Waals surface area contributed by atoms with Gasteiger partial charge in [0, 0.05) is 30.3 Å². The molecular weight excluding hydrogens is 587 g/mol. The van der Waals surface area contributed by atoms with Crippen molar-refractivity contribution in [2.24, 2.45) is 4.99 Å². The van der Waals surface area contributed by atoms with Crippen LogP contribution >= 0.6 is 23.1 Å². The molecule has 3 heterocycles. The van der Waals surface area contributed by atoms with E-state index in [2.05, 4.69) is 68.9 Å². The first-order valence-electron chi connectivity index (χ1n) is 15.4. The number of carbonyl (C=O) groups is 1. The lowest BCUT2D eigenvalue weighted by Gasteiger charge is -2.22. The monoisotopic (exact) mass is 624 g/mol. The fourth-order valence-corrected chi connectivity index (χ4v) is 6.39. The summed E-state index contributed by atoms with van der Waals surface area (Å²) >= 11 is 3.14. The average molecular weight is 625 g/mol. The number of Topliss-reactive ketones (excluding diaryl/α,β-unsaturated/α-hetero) is 1. The Morgan fingerprint density at radius 3 is 2.57 bits per heavy atom. The molecular formula is C35H38N5O2S2+. The highest BCUT2D eigenvalue weighted by Gasteiger charge is 2.38. The van der Waals surface area contributed by atoms with Crippen LogP contribution in [-0.2, 0) is 4.79 Å². The van der Waals surface area contributed by atoms with E-state index in [-0.39, 0.29) is 11.5 Å². The molecule has 3 N–H and O–H groups in total. The number of carbonyl (C=O) groups excluding carboxylic acids is 1. The number of nitrogens with one attached hydrogen (secondary N) is 2. The van der Waals surface area contributed by atoms with Crippen LogP contribution in [0, 0.1) is 11.8 Å². The van der Waals surface area contributed by atoms with Crippen molar-refractivity contribution in [2.45, 2.75) is 65.7 Å². The summed E-state index contributed by atoms with van der Waals surface area (Å²) in [7, 11) is 0. The fraction of sp³-hybridized carbons (Fsp3) is 0.371. The van der Waals surface area contributed by atoms with Gasteiger partial charge in [0.05, 0.1) is 46.7 Å². The summed E-state index contributed by atoms with van der Waals surface area (Å²) < 4.78 is 2.37. The van der Waals surface area contributed by atoms with Gasteiger partial charge in [-0.05, 0) is 59.9 Å². The van der Waals surface area contributed by atoms with Crippen molar-refractivity contribution < 1.29 is 14.5 Å². The first-order valence-corrected chi connectivity index (χ1v) is 17.0. The summed E-state index contributed by atoms with van der Waals surface area (Å²) in [6, 6.07) is 3.60. The van der Waals surface area contributed by atoms with E-state index in [9.17, 15) is 9.90 Å². The largest absolute Gasteiger partial charge is 0.506 e. The van der Waals surface area contributed by atoms with E-state index in [4.69, 9.17) is 0 Å². The third kappa shape index (κ3) is 7.53. The van der Waals surface area contributed by atoms with Gasteiger partial charge in [0.1, 0.15) is 10.7 Å². The van der Waals surface area contributed by atoms with Gasteiger partial charge in [-0.2, -0.15) is 0 Å². The summed E-state index contributed by atoms with van der Waals surface area (Å²) in [6.45, 7) is 9.50. The van der Waals surface area contributed by atoms with Crippen LogP contribution in [0.5, 0.6) is 0 Å². The van der Waals surface area contributed by atoms with Gasteiger partial charge in [0.2, 0.25) is 5.78 Å². The lowest BCUT2D eigenvalue weighted by Crippen LogP contribution is -2.22. The zero-order valence-corrected chi connectivity index (χ0v) is 27.2. The zero-order valence-electron chi connectivity index (χ0n) is 25.5.